The van der Waals surface area contributed by atoms with Crippen molar-refractivity contribution >= 4 is 5.91 Å². The highest BCUT2D eigenvalue weighted by Crippen LogP contribution is 2.04. The van der Waals surface area contributed by atoms with Crippen molar-refractivity contribution in [3.8, 4) is 5.82 Å². The van der Waals surface area contributed by atoms with Crippen molar-refractivity contribution in [1.29, 1.82) is 0 Å². The fraction of sp³-hybridized carbons (Fsp3) is 0.308. The summed E-state index contributed by atoms with van der Waals surface area (Å²) < 4.78 is 1.69. The van der Waals surface area contributed by atoms with Gasteiger partial charge in [0.2, 0.25) is 5.91 Å². The van der Waals surface area contributed by atoms with E-state index in [0.29, 0.717) is 6.54 Å². The summed E-state index contributed by atoms with van der Waals surface area (Å²) in [5, 5.41) is 6.95. The molecule has 2 rings (SSSR count). The lowest BCUT2D eigenvalue weighted by atomic mass is 10.2. The summed E-state index contributed by atoms with van der Waals surface area (Å²) in [6.45, 7) is 4.24. The zero-order valence-electron chi connectivity index (χ0n) is 10.5. The number of aromatic nitrogens is 3. The minimum Gasteiger partial charge on any atom is -0.352 e. The lowest BCUT2D eigenvalue weighted by molar-refractivity contribution is -0.124. The maximum absolute atomic E-state index is 11.4. The molecule has 0 saturated heterocycles. The summed E-state index contributed by atoms with van der Waals surface area (Å²) in [6.07, 6.45) is 5.29. The number of hydrogen-bond acceptors (Lipinski definition) is 3. The average molecular weight is 244 g/mol. The van der Waals surface area contributed by atoms with Gasteiger partial charge in [0.05, 0.1) is 0 Å². The van der Waals surface area contributed by atoms with Gasteiger partial charge in [-0.2, -0.15) is 5.10 Å². The van der Waals surface area contributed by atoms with Crippen LogP contribution in [0.25, 0.3) is 5.82 Å². The quantitative estimate of drug-likeness (QED) is 0.887. The first kappa shape index (κ1) is 12.3. The molecule has 0 bridgehead atoms. The second-order valence-electron chi connectivity index (χ2n) is 4.35. The Hall–Kier alpha value is -2.17. The van der Waals surface area contributed by atoms with Gasteiger partial charge < -0.3 is 5.32 Å². The Labute approximate surface area is 106 Å². The highest BCUT2D eigenvalue weighted by atomic mass is 16.1. The molecule has 0 spiro atoms. The van der Waals surface area contributed by atoms with Gasteiger partial charge in [0.25, 0.3) is 0 Å². The standard InChI is InChI=1S/C13H16N4O/c1-10(2)13(18)15-9-11-4-5-12(14-8-11)17-7-3-6-16-17/h3-8,10H,9H2,1-2H3,(H,15,18). The molecule has 0 aliphatic heterocycles. The monoisotopic (exact) mass is 244 g/mol. The normalized spacial score (nSPS) is 10.6. The van der Waals surface area contributed by atoms with Crippen LogP contribution in [0.15, 0.2) is 36.8 Å². The van der Waals surface area contributed by atoms with Crippen LogP contribution in [0.1, 0.15) is 19.4 Å². The minimum atomic E-state index is 0.00121. The van der Waals surface area contributed by atoms with Crippen LogP contribution in [0.5, 0.6) is 0 Å². The Morgan fingerprint density at radius 3 is 2.83 bits per heavy atom. The van der Waals surface area contributed by atoms with Crippen molar-refractivity contribution in [3.63, 3.8) is 0 Å². The molecule has 2 aromatic heterocycles. The minimum absolute atomic E-state index is 0.00121. The van der Waals surface area contributed by atoms with Crippen molar-refractivity contribution in [2.24, 2.45) is 5.92 Å². The first-order chi connectivity index (χ1) is 8.66. The lowest BCUT2D eigenvalue weighted by Gasteiger charge is -2.07. The molecule has 0 fully saturated rings. The zero-order chi connectivity index (χ0) is 13.0. The summed E-state index contributed by atoms with van der Waals surface area (Å²) in [4.78, 5) is 15.7. The summed E-state index contributed by atoms with van der Waals surface area (Å²) in [5.74, 6) is 0.811. The maximum Gasteiger partial charge on any atom is 0.222 e. The van der Waals surface area contributed by atoms with E-state index in [9.17, 15) is 4.79 Å². The predicted molar refractivity (Wildman–Crippen MR) is 68.0 cm³/mol. The molecule has 1 amide bonds. The van der Waals surface area contributed by atoms with Crippen LogP contribution in [0.2, 0.25) is 0 Å². The number of carbonyl (C=O) groups excluding carboxylic acids is 1. The van der Waals surface area contributed by atoms with Gasteiger partial charge in [-0.15, -0.1) is 0 Å². The Balaban J connectivity index is 1.98. The van der Waals surface area contributed by atoms with Gasteiger partial charge in [-0.25, -0.2) is 9.67 Å². The van der Waals surface area contributed by atoms with E-state index in [1.807, 2.05) is 38.2 Å². The molecule has 5 nitrogen and oxygen atoms in total. The van der Waals surface area contributed by atoms with E-state index in [0.717, 1.165) is 11.4 Å². The van der Waals surface area contributed by atoms with Gasteiger partial charge in [-0.1, -0.05) is 19.9 Å². The van der Waals surface area contributed by atoms with Gasteiger partial charge >= 0.3 is 0 Å². The van der Waals surface area contributed by atoms with Crippen LogP contribution in [0.3, 0.4) is 0 Å². The summed E-state index contributed by atoms with van der Waals surface area (Å²) in [6, 6.07) is 5.66. The van der Waals surface area contributed by atoms with Crippen LogP contribution >= 0.6 is 0 Å². The third-order valence-electron chi connectivity index (χ3n) is 2.54. The van der Waals surface area contributed by atoms with Crippen molar-refractivity contribution in [2.45, 2.75) is 20.4 Å². The highest BCUT2D eigenvalue weighted by Gasteiger charge is 2.06. The van der Waals surface area contributed by atoms with E-state index in [1.165, 1.54) is 0 Å². The van der Waals surface area contributed by atoms with Gasteiger partial charge in [-0.05, 0) is 17.7 Å². The third-order valence-corrected chi connectivity index (χ3v) is 2.54. The van der Waals surface area contributed by atoms with Crippen molar-refractivity contribution < 1.29 is 4.79 Å². The van der Waals surface area contributed by atoms with E-state index >= 15 is 0 Å². The van der Waals surface area contributed by atoms with Gasteiger partial charge in [0, 0.05) is 31.1 Å². The number of hydrogen-bond donors (Lipinski definition) is 1. The molecule has 0 aromatic carbocycles. The van der Waals surface area contributed by atoms with Crippen molar-refractivity contribution in [1.82, 2.24) is 20.1 Å². The molecule has 2 heterocycles. The molecule has 0 aliphatic carbocycles. The van der Waals surface area contributed by atoms with E-state index in [4.69, 9.17) is 0 Å². The largest absolute Gasteiger partial charge is 0.352 e. The molecule has 1 N–H and O–H groups in total. The highest BCUT2D eigenvalue weighted by molar-refractivity contribution is 5.77. The van der Waals surface area contributed by atoms with E-state index in [2.05, 4.69) is 15.4 Å². The Morgan fingerprint density at radius 2 is 2.28 bits per heavy atom. The topological polar surface area (TPSA) is 59.8 Å². The van der Waals surface area contributed by atoms with Crippen LogP contribution < -0.4 is 5.32 Å². The summed E-state index contributed by atoms with van der Waals surface area (Å²) >= 11 is 0. The average Bonchev–Trinajstić information content (AvgIpc) is 2.90. The first-order valence-electron chi connectivity index (χ1n) is 5.89. The van der Waals surface area contributed by atoms with Gasteiger partial charge in [-0.3, -0.25) is 4.79 Å². The van der Waals surface area contributed by atoms with Crippen molar-refractivity contribution in [2.75, 3.05) is 0 Å². The van der Waals surface area contributed by atoms with E-state index in [-0.39, 0.29) is 11.8 Å². The van der Waals surface area contributed by atoms with E-state index in [1.54, 1.807) is 17.1 Å². The number of carbonyl (C=O) groups is 1. The molecule has 0 atom stereocenters. The van der Waals surface area contributed by atoms with Crippen LogP contribution in [0, 0.1) is 5.92 Å². The predicted octanol–water partition coefficient (Wildman–Crippen LogP) is 1.54. The first-order valence-corrected chi connectivity index (χ1v) is 5.89. The van der Waals surface area contributed by atoms with Crippen LogP contribution in [-0.2, 0) is 11.3 Å². The zero-order valence-corrected chi connectivity index (χ0v) is 10.5. The number of pyridine rings is 1. The summed E-state index contributed by atoms with van der Waals surface area (Å²) in [7, 11) is 0. The number of amides is 1. The van der Waals surface area contributed by atoms with Crippen LogP contribution in [0.4, 0.5) is 0 Å². The number of nitrogens with one attached hydrogen (secondary N) is 1. The molecule has 0 unspecified atom stereocenters. The maximum atomic E-state index is 11.4. The fourth-order valence-electron chi connectivity index (χ4n) is 1.45. The second-order valence-corrected chi connectivity index (χ2v) is 4.35. The van der Waals surface area contributed by atoms with Gasteiger partial charge in [0.1, 0.15) is 0 Å². The molecular formula is C13H16N4O. The Kier molecular flexibility index (Phi) is 3.72. The molecule has 18 heavy (non-hydrogen) atoms. The number of rotatable bonds is 4. The molecule has 2 aromatic rings. The third kappa shape index (κ3) is 2.94. The van der Waals surface area contributed by atoms with Crippen LogP contribution in [-0.4, -0.2) is 20.7 Å². The van der Waals surface area contributed by atoms with E-state index < -0.39 is 0 Å². The molecular weight excluding hydrogens is 228 g/mol. The molecule has 0 radical (unpaired) electrons. The molecule has 0 aliphatic rings. The van der Waals surface area contributed by atoms with Gasteiger partial charge in [0.15, 0.2) is 5.82 Å². The smallest absolute Gasteiger partial charge is 0.222 e. The Morgan fingerprint density at radius 1 is 1.44 bits per heavy atom. The van der Waals surface area contributed by atoms with Crippen molar-refractivity contribution in [3.05, 3.63) is 42.4 Å². The lowest BCUT2D eigenvalue weighted by Crippen LogP contribution is -2.27. The Bertz CT molecular complexity index is 502. The number of nitrogens with zero attached hydrogens (tertiary/aromatic N) is 3. The summed E-state index contributed by atoms with van der Waals surface area (Å²) in [5.41, 5.74) is 0.972. The molecule has 5 heteroatoms. The second kappa shape index (κ2) is 5.44. The SMILES string of the molecule is CC(C)C(=O)NCc1ccc(-n2cccn2)nc1. The molecule has 0 saturated carbocycles. The fourth-order valence-corrected chi connectivity index (χ4v) is 1.45. The molecule has 94 valence electrons.